The van der Waals surface area contributed by atoms with Gasteiger partial charge in [0.25, 0.3) is 0 Å². The average molecular weight is 225 g/mol. The highest BCUT2D eigenvalue weighted by atomic mass is 15.2. The Morgan fingerprint density at radius 3 is 2.41 bits per heavy atom. The van der Waals surface area contributed by atoms with E-state index >= 15 is 0 Å². The van der Waals surface area contributed by atoms with Gasteiger partial charge in [0.05, 0.1) is 5.56 Å². The van der Waals surface area contributed by atoms with E-state index in [2.05, 4.69) is 37.1 Å². The molecular formula is C14H15N3. The molecule has 0 aliphatic rings. The number of nitrogens with zero attached hydrogens (tertiary/aromatic N) is 3. The maximum absolute atomic E-state index is 9.03. The molecule has 1 aromatic heterocycles. The molecule has 0 saturated carbocycles. The van der Waals surface area contributed by atoms with Gasteiger partial charge in [-0.3, -0.25) is 4.68 Å². The average Bonchev–Trinajstić information content (AvgIpc) is 2.70. The first-order valence-electron chi connectivity index (χ1n) is 5.66. The minimum atomic E-state index is 0.517. The molecule has 0 fully saturated rings. The molecule has 86 valence electrons. The number of nitriles is 1. The van der Waals surface area contributed by atoms with Crippen LogP contribution in [-0.2, 0) is 7.05 Å². The summed E-state index contributed by atoms with van der Waals surface area (Å²) in [5.41, 5.74) is 3.66. The second-order valence-corrected chi connectivity index (χ2v) is 4.45. The van der Waals surface area contributed by atoms with Crippen LogP contribution in [0.25, 0.3) is 11.3 Å². The van der Waals surface area contributed by atoms with Gasteiger partial charge in [0, 0.05) is 18.8 Å². The van der Waals surface area contributed by atoms with Gasteiger partial charge in [0.2, 0.25) is 0 Å². The van der Waals surface area contributed by atoms with Gasteiger partial charge in [0.15, 0.2) is 0 Å². The second kappa shape index (κ2) is 4.42. The summed E-state index contributed by atoms with van der Waals surface area (Å²) in [6, 6.07) is 10.4. The molecule has 1 aromatic carbocycles. The van der Waals surface area contributed by atoms with Crippen LogP contribution >= 0.6 is 0 Å². The van der Waals surface area contributed by atoms with E-state index in [0.717, 1.165) is 11.3 Å². The predicted octanol–water partition coefficient (Wildman–Crippen LogP) is 3.08. The molecule has 0 aliphatic heterocycles. The fourth-order valence-corrected chi connectivity index (χ4v) is 1.81. The zero-order valence-electron chi connectivity index (χ0n) is 10.3. The molecule has 1 heterocycles. The molecule has 0 radical (unpaired) electrons. The van der Waals surface area contributed by atoms with E-state index in [4.69, 9.17) is 5.26 Å². The van der Waals surface area contributed by atoms with Crippen LogP contribution in [-0.4, -0.2) is 9.78 Å². The zero-order valence-corrected chi connectivity index (χ0v) is 10.3. The van der Waals surface area contributed by atoms with Crippen molar-refractivity contribution < 1.29 is 0 Å². The molecule has 3 nitrogen and oxygen atoms in total. The topological polar surface area (TPSA) is 41.6 Å². The Labute approximate surface area is 101 Å². The van der Waals surface area contributed by atoms with E-state index in [-0.39, 0.29) is 0 Å². The van der Waals surface area contributed by atoms with E-state index in [0.29, 0.717) is 11.5 Å². The van der Waals surface area contributed by atoms with E-state index < -0.39 is 0 Å². The summed E-state index contributed by atoms with van der Waals surface area (Å²) in [5.74, 6) is 0.517. The van der Waals surface area contributed by atoms with Crippen LogP contribution in [0.4, 0.5) is 0 Å². The molecular weight excluding hydrogens is 210 g/mol. The second-order valence-electron chi connectivity index (χ2n) is 4.45. The third kappa shape index (κ3) is 2.21. The fourth-order valence-electron chi connectivity index (χ4n) is 1.81. The number of aromatic nitrogens is 2. The van der Waals surface area contributed by atoms with Crippen molar-refractivity contribution in [2.75, 3.05) is 0 Å². The monoisotopic (exact) mass is 225 g/mol. The molecule has 3 heteroatoms. The van der Waals surface area contributed by atoms with Gasteiger partial charge in [-0.2, -0.15) is 10.4 Å². The summed E-state index contributed by atoms with van der Waals surface area (Å²) in [6.45, 7) is 4.33. The molecule has 0 N–H and O–H groups in total. The predicted molar refractivity (Wildman–Crippen MR) is 67.4 cm³/mol. The first-order valence-corrected chi connectivity index (χ1v) is 5.66. The van der Waals surface area contributed by atoms with Gasteiger partial charge in [-0.1, -0.05) is 38.1 Å². The summed E-state index contributed by atoms with van der Waals surface area (Å²) in [5, 5.41) is 13.4. The van der Waals surface area contributed by atoms with Crippen molar-refractivity contribution in [1.29, 1.82) is 5.26 Å². The van der Waals surface area contributed by atoms with Crippen LogP contribution in [0.1, 0.15) is 30.9 Å². The third-order valence-corrected chi connectivity index (χ3v) is 2.80. The van der Waals surface area contributed by atoms with Crippen LogP contribution in [0.2, 0.25) is 0 Å². The van der Waals surface area contributed by atoms with Crippen molar-refractivity contribution in [2.45, 2.75) is 19.8 Å². The molecule has 0 spiro atoms. The summed E-state index contributed by atoms with van der Waals surface area (Å²) in [4.78, 5) is 0. The van der Waals surface area contributed by atoms with Crippen LogP contribution in [0.15, 0.2) is 30.5 Å². The summed E-state index contributed by atoms with van der Waals surface area (Å²) in [6.07, 6.45) is 1.74. The summed E-state index contributed by atoms with van der Waals surface area (Å²) >= 11 is 0. The number of hydrogen-bond donors (Lipinski definition) is 0. The largest absolute Gasteiger partial charge is 0.274 e. The van der Waals surface area contributed by atoms with Gasteiger partial charge < -0.3 is 0 Å². The molecule has 0 amide bonds. The first kappa shape index (κ1) is 11.4. The lowest BCUT2D eigenvalue weighted by atomic mass is 10.00. The third-order valence-electron chi connectivity index (χ3n) is 2.80. The zero-order chi connectivity index (χ0) is 12.4. The van der Waals surface area contributed by atoms with Gasteiger partial charge in [-0.05, 0) is 11.5 Å². The van der Waals surface area contributed by atoms with Gasteiger partial charge >= 0.3 is 0 Å². The quantitative estimate of drug-likeness (QED) is 0.788. The van der Waals surface area contributed by atoms with Crippen molar-refractivity contribution in [2.24, 2.45) is 7.05 Å². The van der Waals surface area contributed by atoms with Gasteiger partial charge in [-0.25, -0.2) is 0 Å². The number of aryl methyl sites for hydroxylation is 1. The highest BCUT2D eigenvalue weighted by molar-refractivity contribution is 5.66. The van der Waals surface area contributed by atoms with E-state index in [1.165, 1.54) is 5.56 Å². The Hall–Kier alpha value is -2.08. The van der Waals surface area contributed by atoms with Crippen molar-refractivity contribution in [3.8, 4) is 17.3 Å². The molecule has 0 atom stereocenters. The molecule has 0 saturated heterocycles. The Morgan fingerprint density at radius 1 is 1.24 bits per heavy atom. The highest BCUT2D eigenvalue weighted by Gasteiger charge is 2.09. The van der Waals surface area contributed by atoms with Crippen LogP contribution in [0.5, 0.6) is 0 Å². The normalized spacial score (nSPS) is 10.5. The lowest BCUT2D eigenvalue weighted by Crippen LogP contribution is -1.89. The summed E-state index contributed by atoms with van der Waals surface area (Å²) < 4.78 is 1.67. The molecule has 17 heavy (non-hydrogen) atoms. The van der Waals surface area contributed by atoms with E-state index in [1.54, 1.807) is 10.9 Å². The molecule has 0 aliphatic carbocycles. The molecule has 0 unspecified atom stereocenters. The van der Waals surface area contributed by atoms with Crippen molar-refractivity contribution in [3.05, 3.63) is 41.6 Å². The Morgan fingerprint density at radius 2 is 1.88 bits per heavy atom. The van der Waals surface area contributed by atoms with Gasteiger partial charge in [-0.15, -0.1) is 0 Å². The van der Waals surface area contributed by atoms with E-state index in [9.17, 15) is 0 Å². The lowest BCUT2D eigenvalue weighted by Gasteiger charge is -2.05. The van der Waals surface area contributed by atoms with Crippen molar-refractivity contribution in [1.82, 2.24) is 9.78 Å². The van der Waals surface area contributed by atoms with Crippen LogP contribution in [0.3, 0.4) is 0 Å². The SMILES string of the molecule is CC(C)c1ccc(-c2nn(C)cc2C#N)cc1. The number of hydrogen-bond acceptors (Lipinski definition) is 2. The minimum Gasteiger partial charge on any atom is -0.274 e. The Bertz CT molecular complexity index is 556. The standard InChI is InChI=1S/C14H15N3/c1-10(2)11-4-6-12(7-5-11)14-13(8-15)9-17(3)16-14/h4-7,9-10H,1-3H3. The Balaban J connectivity index is 2.43. The summed E-state index contributed by atoms with van der Waals surface area (Å²) in [7, 11) is 1.83. The van der Waals surface area contributed by atoms with Crippen LogP contribution in [0, 0.1) is 11.3 Å². The van der Waals surface area contributed by atoms with Gasteiger partial charge in [0.1, 0.15) is 11.8 Å². The van der Waals surface area contributed by atoms with Crippen molar-refractivity contribution in [3.63, 3.8) is 0 Å². The molecule has 0 bridgehead atoms. The Kier molecular flexibility index (Phi) is 2.97. The smallest absolute Gasteiger partial charge is 0.110 e. The molecule has 2 rings (SSSR count). The number of benzene rings is 1. The minimum absolute atomic E-state index is 0.517. The highest BCUT2D eigenvalue weighted by Crippen LogP contribution is 2.23. The fraction of sp³-hybridized carbons (Fsp3) is 0.286. The van der Waals surface area contributed by atoms with Crippen molar-refractivity contribution >= 4 is 0 Å². The number of rotatable bonds is 2. The van der Waals surface area contributed by atoms with E-state index in [1.807, 2.05) is 19.2 Å². The lowest BCUT2D eigenvalue weighted by molar-refractivity contribution is 0.770. The maximum Gasteiger partial charge on any atom is 0.110 e. The van der Waals surface area contributed by atoms with Crippen LogP contribution < -0.4 is 0 Å². The maximum atomic E-state index is 9.03. The first-order chi connectivity index (χ1) is 8.11. The molecule has 2 aromatic rings.